The van der Waals surface area contributed by atoms with Gasteiger partial charge < -0.3 is 15.1 Å². The van der Waals surface area contributed by atoms with Crippen LogP contribution in [0, 0.1) is 6.92 Å². The predicted molar refractivity (Wildman–Crippen MR) is 79.6 cm³/mol. The first kappa shape index (κ1) is 14.3. The minimum absolute atomic E-state index is 0.605. The maximum Gasteiger partial charge on any atom is 0.130 e. The molecule has 2 heterocycles. The number of rotatable bonds is 4. The summed E-state index contributed by atoms with van der Waals surface area (Å²) in [5.74, 6) is 1.20. The average Bonchev–Trinajstić information content (AvgIpc) is 2.61. The Hall–Kier alpha value is -1.07. The van der Waals surface area contributed by atoms with Crippen molar-refractivity contribution in [3.8, 4) is 0 Å². The summed E-state index contributed by atoms with van der Waals surface area (Å²) in [4.78, 5) is 4.55. The van der Waals surface area contributed by atoms with Gasteiger partial charge in [0.15, 0.2) is 0 Å². The van der Waals surface area contributed by atoms with Crippen LogP contribution < -0.4 is 10.2 Å². The number of hydrogen-bond donors (Lipinski definition) is 1. The molecule has 1 atom stereocenters. The van der Waals surface area contributed by atoms with Crippen LogP contribution in [0.1, 0.15) is 24.1 Å². The molecule has 1 aliphatic rings. The zero-order chi connectivity index (χ0) is 14.0. The standard InChI is InChI=1S/C14H27N5/c1-11-13(14(17(2)3)19(5)16-11)9-15-12-7-6-8-18(4)10-12/h12,15H,6-10H2,1-5H3. The number of aryl methyl sites for hydroxylation is 2. The van der Waals surface area contributed by atoms with Crippen molar-refractivity contribution in [2.45, 2.75) is 32.4 Å². The second-order valence-corrected chi connectivity index (χ2v) is 5.89. The van der Waals surface area contributed by atoms with Gasteiger partial charge in [0.25, 0.3) is 0 Å². The van der Waals surface area contributed by atoms with Crippen molar-refractivity contribution in [2.75, 3.05) is 39.1 Å². The van der Waals surface area contributed by atoms with E-state index in [-0.39, 0.29) is 0 Å². The topological polar surface area (TPSA) is 36.3 Å². The van der Waals surface area contributed by atoms with Crippen molar-refractivity contribution in [2.24, 2.45) is 7.05 Å². The number of nitrogens with one attached hydrogen (secondary N) is 1. The van der Waals surface area contributed by atoms with Crippen molar-refractivity contribution in [1.29, 1.82) is 0 Å². The van der Waals surface area contributed by atoms with Crippen LogP contribution in [0.15, 0.2) is 0 Å². The van der Waals surface area contributed by atoms with Crippen LogP contribution in [0.3, 0.4) is 0 Å². The predicted octanol–water partition coefficient (Wildman–Crippen LogP) is 0.978. The molecule has 19 heavy (non-hydrogen) atoms. The maximum atomic E-state index is 4.54. The highest BCUT2D eigenvalue weighted by Gasteiger charge is 2.19. The van der Waals surface area contributed by atoms with Gasteiger partial charge in [0.1, 0.15) is 5.82 Å². The molecular weight excluding hydrogens is 238 g/mol. The van der Waals surface area contributed by atoms with Crippen LogP contribution in [0.25, 0.3) is 0 Å². The molecule has 0 aromatic carbocycles. The molecule has 0 saturated carbocycles. The van der Waals surface area contributed by atoms with Gasteiger partial charge in [-0.05, 0) is 33.4 Å². The van der Waals surface area contributed by atoms with E-state index in [9.17, 15) is 0 Å². The van der Waals surface area contributed by atoms with Gasteiger partial charge in [-0.25, -0.2) is 0 Å². The molecule has 0 amide bonds. The molecule has 1 unspecified atom stereocenters. The van der Waals surface area contributed by atoms with Crippen molar-refractivity contribution in [1.82, 2.24) is 20.0 Å². The van der Waals surface area contributed by atoms with E-state index in [1.54, 1.807) is 0 Å². The van der Waals surface area contributed by atoms with E-state index in [1.807, 2.05) is 11.7 Å². The molecule has 1 fully saturated rings. The molecule has 108 valence electrons. The lowest BCUT2D eigenvalue weighted by Crippen LogP contribution is -2.43. The van der Waals surface area contributed by atoms with Crippen molar-refractivity contribution in [3.63, 3.8) is 0 Å². The number of hydrogen-bond acceptors (Lipinski definition) is 4. The Bertz CT molecular complexity index is 424. The Morgan fingerprint density at radius 2 is 2.11 bits per heavy atom. The number of likely N-dealkylation sites (tertiary alicyclic amines) is 1. The highest BCUT2D eigenvalue weighted by Crippen LogP contribution is 2.21. The summed E-state index contributed by atoms with van der Waals surface area (Å²) >= 11 is 0. The monoisotopic (exact) mass is 265 g/mol. The van der Waals surface area contributed by atoms with Gasteiger partial charge in [-0.3, -0.25) is 4.68 Å². The fourth-order valence-corrected chi connectivity index (χ4v) is 3.04. The Kier molecular flexibility index (Phi) is 4.47. The Morgan fingerprint density at radius 1 is 1.37 bits per heavy atom. The van der Waals surface area contributed by atoms with Gasteiger partial charge in [-0.15, -0.1) is 0 Å². The second-order valence-electron chi connectivity index (χ2n) is 5.89. The van der Waals surface area contributed by atoms with Gasteiger partial charge in [0.2, 0.25) is 0 Å². The van der Waals surface area contributed by atoms with Crippen LogP contribution in [-0.2, 0) is 13.6 Å². The fraction of sp³-hybridized carbons (Fsp3) is 0.786. The third-order valence-corrected chi connectivity index (χ3v) is 3.93. The molecule has 1 aromatic rings. The Labute approximate surface area is 116 Å². The molecule has 0 radical (unpaired) electrons. The van der Waals surface area contributed by atoms with Gasteiger partial charge in [-0.1, -0.05) is 0 Å². The molecule has 1 aromatic heterocycles. The zero-order valence-electron chi connectivity index (χ0n) is 12.9. The molecule has 5 heteroatoms. The highest BCUT2D eigenvalue weighted by atomic mass is 15.4. The van der Waals surface area contributed by atoms with E-state index in [0.29, 0.717) is 6.04 Å². The van der Waals surface area contributed by atoms with Crippen LogP contribution in [0.5, 0.6) is 0 Å². The van der Waals surface area contributed by atoms with Crippen LogP contribution in [-0.4, -0.2) is 55.0 Å². The lowest BCUT2D eigenvalue weighted by molar-refractivity contribution is 0.226. The summed E-state index contributed by atoms with van der Waals surface area (Å²) in [6.45, 7) is 5.38. The number of anilines is 1. The first-order valence-electron chi connectivity index (χ1n) is 7.10. The lowest BCUT2D eigenvalue weighted by atomic mass is 10.1. The first-order chi connectivity index (χ1) is 8.99. The normalized spacial score (nSPS) is 20.8. The largest absolute Gasteiger partial charge is 0.363 e. The molecule has 0 aliphatic carbocycles. The fourth-order valence-electron chi connectivity index (χ4n) is 3.04. The van der Waals surface area contributed by atoms with Crippen LogP contribution in [0.4, 0.5) is 5.82 Å². The summed E-state index contributed by atoms with van der Waals surface area (Å²) in [6.07, 6.45) is 2.57. The quantitative estimate of drug-likeness (QED) is 0.880. The summed E-state index contributed by atoms with van der Waals surface area (Å²) in [5, 5.41) is 8.23. The summed E-state index contributed by atoms with van der Waals surface area (Å²) in [5.41, 5.74) is 2.45. The molecule has 0 spiro atoms. The number of piperidine rings is 1. The minimum Gasteiger partial charge on any atom is -0.363 e. The van der Waals surface area contributed by atoms with Crippen LogP contribution in [0.2, 0.25) is 0 Å². The minimum atomic E-state index is 0.605. The van der Waals surface area contributed by atoms with Gasteiger partial charge >= 0.3 is 0 Å². The first-order valence-corrected chi connectivity index (χ1v) is 7.10. The van der Waals surface area contributed by atoms with E-state index < -0.39 is 0 Å². The van der Waals surface area contributed by atoms with E-state index in [1.165, 1.54) is 30.8 Å². The third kappa shape index (κ3) is 3.28. The van der Waals surface area contributed by atoms with Crippen LogP contribution >= 0.6 is 0 Å². The smallest absolute Gasteiger partial charge is 0.130 e. The van der Waals surface area contributed by atoms with Gasteiger partial charge in [0, 0.05) is 45.8 Å². The summed E-state index contributed by atoms with van der Waals surface area (Å²) in [7, 11) is 8.37. The third-order valence-electron chi connectivity index (χ3n) is 3.93. The van der Waals surface area contributed by atoms with Gasteiger partial charge in [0.05, 0.1) is 5.69 Å². The number of likely N-dealkylation sites (N-methyl/N-ethyl adjacent to an activating group) is 1. The molecule has 5 nitrogen and oxygen atoms in total. The lowest BCUT2D eigenvalue weighted by Gasteiger charge is -2.30. The summed E-state index contributed by atoms with van der Waals surface area (Å²) < 4.78 is 1.97. The highest BCUT2D eigenvalue weighted by molar-refractivity contribution is 5.48. The summed E-state index contributed by atoms with van der Waals surface area (Å²) in [6, 6.07) is 0.605. The van der Waals surface area contributed by atoms with Crippen molar-refractivity contribution >= 4 is 5.82 Å². The molecule has 1 saturated heterocycles. The molecule has 0 bridgehead atoms. The van der Waals surface area contributed by atoms with E-state index >= 15 is 0 Å². The van der Waals surface area contributed by atoms with E-state index in [4.69, 9.17) is 0 Å². The van der Waals surface area contributed by atoms with E-state index in [0.717, 1.165) is 18.8 Å². The van der Waals surface area contributed by atoms with E-state index in [2.05, 4.69) is 48.3 Å². The second kappa shape index (κ2) is 5.92. The SMILES string of the molecule is Cc1nn(C)c(N(C)C)c1CNC1CCCN(C)C1. The van der Waals surface area contributed by atoms with Gasteiger partial charge in [-0.2, -0.15) is 5.10 Å². The maximum absolute atomic E-state index is 4.54. The zero-order valence-corrected chi connectivity index (χ0v) is 12.9. The van der Waals surface area contributed by atoms with Crippen molar-refractivity contribution in [3.05, 3.63) is 11.3 Å². The Morgan fingerprint density at radius 3 is 2.74 bits per heavy atom. The molecule has 2 rings (SSSR count). The molecule has 1 aliphatic heterocycles. The number of aromatic nitrogens is 2. The number of nitrogens with zero attached hydrogens (tertiary/aromatic N) is 4. The molecular formula is C14H27N5. The molecule has 1 N–H and O–H groups in total. The Balaban J connectivity index is 2.03. The van der Waals surface area contributed by atoms with Crippen molar-refractivity contribution < 1.29 is 0 Å². The average molecular weight is 265 g/mol.